The monoisotopic (exact) mass is 262 g/mol. The van der Waals surface area contributed by atoms with Crippen LogP contribution in [0.1, 0.15) is 23.7 Å². The van der Waals surface area contributed by atoms with Crippen molar-refractivity contribution in [1.82, 2.24) is 0 Å². The van der Waals surface area contributed by atoms with E-state index in [2.05, 4.69) is 0 Å². The molecular formula is C11H12Cl2O3. The van der Waals surface area contributed by atoms with E-state index in [0.717, 1.165) is 6.42 Å². The molecule has 0 saturated carbocycles. The predicted molar refractivity (Wildman–Crippen MR) is 63.6 cm³/mol. The normalized spacial score (nSPS) is 10.0. The van der Waals surface area contributed by atoms with Gasteiger partial charge in [0, 0.05) is 0 Å². The maximum absolute atomic E-state index is 11.7. The SMILES string of the molecule is CCCOC(=O)c1c(Cl)ccc(Cl)c1OC. The number of methoxy groups -OCH3 is 1. The molecule has 0 saturated heterocycles. The number of halogens is 2. The molecule has 1 aromatic carbocycles. The Morgan fingerprint density at radius 3 is 2.50 bits per heavy atom. The van der Waals surface area contributed by atoms with Gasteiger partial charge >= 0.3 is 5.97 Å². The Bertz CT molecular complexity index is 391. The first-order valence-corrected chi connectivity index (χ1v) is 5.56. The van der Waals surface area contributed by atoms with Gasteiger partial charge < -0.3 is 9.47 Å². The van der Waals surface area contributed by atoms with Crippen molar-refractivity contribution in [2.45, 2.75) is 13.3 Å². The van der Waals surface area contributed by atoms with Crippen LogP contribution in [0.2, 0.25) is 10.0 Å². The third kappa shape index (κ3) is 2.80. The molecule has 3 nitrogen and oxygen atoms in total. The molecule has 0 atom stereocenters. The molecule has 0 fully saturated rings. The summed E-state index contributed by atoms with van der Waals surface area (Å²) >= 11 is 11.8. The zero-order valence-electron chi connectivity index (χ0n) is 9.05. The Hall–Kier alpha value is -0.930. The second-order valence-corrected chi connectivity index (χ2v) is 3.89. The molecule has 0 N–H and O–H groups in total. The topological polar surface area (TPSA) is 35.5 Å². The number of benzene rings is 1. The maximum atomic E-state index is 11.7. The van der Waals surface area contributed by atoms with Crippen molar-refractivity contribution in [2.75, 3.05) is 13.7 Å². The highest BCUT2D eigenvalue weighted by Gasteiger charge is 2.20. The van der Waals surface area contributed by atoms with Gasteiger partial charge in [-0.15, -0.1) is 0 Å². The van der Waals surface area contributed by atoms with Crippen molar-refractivity contribution in [3.63, 3.8) is 0 Å². The van der Waals surface area contributed by atoms with E-state index in [1.807, 2.05) is 6.92 Å². The molecule has 0 spiro atoms. The molecule has 0 aromatic heterocycles. The number of ether oxygens (including phenoxy) is 2. The van der Waals surface area contributed by atoms with E-state index < -0.39 is 5.97 Å². The minimum absolute atomic E-state index is 0.171. The van der Waals surface area contributed by atoms with Gasteiger partial charge in [0.25, 0.3) is 0 Å². The van der Waals surface area contributed by atoms with Gasteiger partial charge in [-0.25, -0.2) is 4.79 Å². The Kier molecular flexibility index (Phi) is 4.90. The molecule has 1 rings (SSSR count). The zero-order chi connectivity index (χ0) is 12.1. The van der Waals surface area contributed by atoms with Gasteiger partial charge in [-0.2, -0.15) is 0 Å². The lowest BCUT2D eigenvalue weighted by molar-refractivity contribution is 0.0501. The third-order valence-corrected chi connectivity index (χ3v) is 2.52. The van der Waals surface area contributed by atoms with E-state index in [9.17, 15) is 4.79 Å². The van der Waals surface area contributed by atoms with Crippen LogP contribution in [-0.2, 0) is 4.74 Å². The van der Waals surface area contributed by atoms with E-state index in [1.54, 1.807) is 6.07 Å². The van der Waals surface area contributed by atoms with Crippen LogP contribution in [0.3, 0.4) is 0 Å². The van der Waals surface area contributed by atoms with Crippen molar-refractivity contribution < 1.29 is 14.3 Å². The minimum atomic E-state index is -0.522. The second-order valence-electron chi connectivity index (χ2n) is 3.07. The van der Waals surface area contributed by atoms with Gasteiger partial charge in [0.1, 0.15) is 5.56 Å². The fourth-order valence-corrected chi connectivity index (χ4v) is 1.65. The smallest absolute Gasteiger partial charge is 0.343 e. The van der Waals surface area contributed by atoms with Gasteiger partial charge in [-0.3, -0.25) is 0 Å². The van der Waals surface area contributed by atoms with Crippen molar-refractivity contribution >= 4 is 29.2 Å². The van der Waals surface area contributed by atoms with Gasteiger partial charge in [-0.05, 0) is 18.6 Å². The molecule has 0 amide bonds. The van der Waals surface area contributed by atoms with Crippen molar-refractivity contribution in [3.8, 4) is 5.75 Å². The van der Waals surface area contributed by atoms with Gasteiger partial charge in [-0.1, -0.05) is 30.1 Å². The highest BCUT2D eigenvalue weighted by atomic mass is 35.5. The molecule has 5 heteroatoms. The molecule has 0 heterocycles. The molecule has 88 valence electrons. The molecular weight excluding hydrogens is 251 g/mol. The fourth-order valence-electron chi connectivity index (χ4n) is 1.19. The molecule has 1 aromatic rings. The quantitative estimate of drug-likeness (QED) is 0.779. The van der Waals surface area contributed by atoms with Crippen molar-refractivity contribution in [1.29, 1.82) is 0 Å². The number of carbonyl (C=O) groups excluding carboxylic acids is 1. The summed E-state index contributed by atoms with van der Waals surface area (Å²) < 4.78 is 10.0. The summed E-state index contributed by atoms with van der Waals surface area (Å²) in [5, 5.41) is 0.595. The first-order valence-electron chi connectivity index (χ1n) is 4.81. The van der Waals surface area contributed by atoms with Crippen LogP contribution in [0.5, 0.6) is 5.75 Å². The molecule has 0 aliphatic carbocycles. The third-order valence-electron chi connectivity index (χ3n) is 1.90. The Morgan fingerprint density at radius 2 is 1.94 bits per heavy atom. The van der Waals surface area contributed by atoms with Gasteiger partial charge in [0.2, 0.25) is 0 Å². The number of hydrogen-bond acceptors (Lipinski definition) is 3. The summed E-state index contributed by atoms with van der Waals surface area (Å²) in [6.45, 7) is 2.24. The molecule has 0 radical (unpaired) electrons. The number of hydrogen-bond donors (Lipinski definition) is 0. The van der Waals surface area contributed by atoms with Crippen LogP contribution < -0.4 is 4.74 Å². The Morgan fingerprint density at radius 1 is 1.31 bits per heavy atom. The van der Waals surface area contributed by atoms with E-state index in [4.69, 9.17) is 32.7 Å². The number of carbonyl (C=O) groups is 1. The predicted octanol–water partition coefficient (Wildman–Crippen LogP) is 3.57. The molecule has 0 unspecified atom stereocenters. The summed E-state index contributed by atoms with van der Waals surface area (Å²) in [4.78, 5) is 11.7. The highest BCUT2D eigenvalue weighted by molar-refractivity contribution is 6.37. The van der Waals surface area contributed by atoms with Crippen molar-refractivity contribution in [3.05, 3.63) is 27.7 Å². The van der Waals surface area contributed by atoms with E-state index in [-0.39, 0.29) is 16.3 Å². The molecule has 0 aliphatic heterocycles. The van der Waals surface area contributed by atoms with Crippen LogP contribution in [0, 0.1) is 0 Å². The zero-order valence-corrected chi connectivity index (χ0v) is 10.6. The number of rotatable bonds is 4. The van der Waals surface area contributed by atoms with Crippen LogP contribution in [0.4, 0.5) is 0 Å². The highest BCUT2D eigenvalue weighted by Crippen LogP contribution is 2.34. The molecule has 0 aliphatic rings. The summed E-state index contributed by atoms with van der Waals surface area (Å²) in [7, 11) is 1.42. The fraction of sp³-hybridized carbons (Fsp3) is 0.364. The van der Waals surface area contributed by atoms with E-state index >= 15 is 0 Å². The average Bonchev–Trinajstić information content (AvgIpc) is 2.28. The number of esters is 1. The summed E-state index contributed by atoms with van der Waals surface area (Å²) in [6.07, 6.45) is 0.742. The molecule has 0 bridgehead atoms. The van der Waals surface area contributed by atoms with Crippen LogP contribution >= 0.6 is 23.2 Å². The summed E-state index contributed by atoms with van der Waals surface area (Å²) in [5.41, 5.74) is 0.171. The lowest BCUT2D eigenvalue weighted by atomic mass is 10.2. The Labute approximate surface area is 104 Å². The van der Waals surface area contributed by atoms with Crippen LogP contribution in [0.25, 0.3) is 0 Å². The lowest BCUT2D eigenvalue weighted by Crippen LogP contribution is -2.08. The van der Waals surface area contributed by atoms with Crippen molar-refractivity contribution in [2.24, 2.45) is 0 Å². The van der Waals surface area contributed by atoms with Gasteiger partial charge in [0.15, 0.2) is 5.75 Å². The first-order chi connectivity index (χ1) is 7.61. The van der Waals surface area contributed by atoms with Crippen LogP contribution in [-0.4, -0.2) is 19.7 Å². The van der Waals surface area contributed by atoms with Gasteiger partial charge in [0.05, 0.1) is 23.8 Å². The van der Waals surface area contributed by atoms with Crippen LogP contribution in [0.15, 0.2) is 12.1 Å². The van der Waals surface area contributed by atoms with E-state index in [0.29, 0.717) is 11.6 Å². The summed E-state index contributed by atoms with van der Waals surface area (Å²) in [5.74, 6) is -0.276. The maximum Gasteiger partial charge on any atom is 0.343 e. The largest absolute Gasteiger partial charge is 0.494 e. The summed E-state index contributed by atoms with van der Waals surface area (Å²) in [6, 6.07) is 3.11. The minimum Gasteiger partial charge on any atom is -0.494 e. The van der Waals surface area contributed by atoms with E-state index in [1.165, 1.54) is 13.2 Å². The Balaban J connectivity index is 3.10. The standard InChI is InChI=1S/C11H12Cl2O3/c1-3-6-16-11(14)9-7(12)4-5-8(13)10(9)15-2/h4-5H,3,6H2,1-2H3. The second kappa shape index (κ2) is 5.97. The average molecular weight is 263 g/mol. The lowest BCUT2D eigenvalue weighted by Gasteiger charge is -2.11. The molecule has 16 heavy (non-hydrogen) atoms. The first kappa shape index (κ1) is 13.1.